The van der Waals surface area contributed by atoms with Crippen molar-refractivity contribution in [1.82, 2.24) is 9.78 Å². The van der Waals surface area contributed by atoms with Crippen LogP contribution >= 0.6 is 0 Å². The zero-order valence-electron chi connectivity index (χ0n) is 12.2. The highest BCUT2D eigenvalue weighted by Crippen LogP contribution is 2.25. The minimum atomic E-state index is -2.47. The topological polar surface area (TPSA) is 73.0 Å². The molecule has 0 aliphatic heterocycles. The van der Waals surface area contributed by atoms with Gasteiger partial charge in [0, 0.05) is 23.9 Å². The van der Waals surface area contributed by atoms with Crippen molar-refractivity contribution in [1.29, 1.82) is 0 Å². The largest absolute Gasteiger partial charge is 0.376 e. The summed E-state index contributed by atoms with van der Waals surface area (Å²) in [4.78, 5) is 10.5. The molecule has 6 nitrogen and oxygen atoms in total. The highest BCUT2D eigenvalue weighted by atomic mass is 19.3. The molecule has 0 fully saturated rings. The van der Waals surface area contributed by atoms with Gasteiger partial charge in [0.1, 0.15) is 6.54 Å². The van der Waals surface area contributed by atoms with Gasteiger partial charge in [-0.05, 0) is 19.4 Å². The molecule has 2 rings (SSSR count). The molecule has 1 heterocycles. The van der Waals surface area contributed by atoms with Crippen LogP contribution in [0.1, 0.15) is 24.1 Å². The standard InChI is InChI=1S/C14H16F2N4O2/c1-9-3-4-11(5-13(9)20(21)22)10(2)18-12-6-17-19(7-12)8-14(15)16/h3-7,10,14,18H,8H2,1-2H3. The molecule has 0 aliphatic rings. The van der Waals surface area contributed by atoms with Gasteiger partial charge in [-0.15, -0.1) is 0 Å². The first-order valence-electron chi connectivity index (χ1n) is 6.69. The van der Waals surface area contributed by atoms with Crippen LogP contribution in [0.15, 0.2) is 30.6 Å². The quantitative estimate of drug-likeness (QED) is 0.654. The number of rotatable bonds is 6. The Morgan fingerprint density at radius 1 is 1.45 bits per heavy atom. The summed E-state index contributed by atoms with van der Waals surface area (Å²) < 4.78 is 25.7. The van der Waals surface area contributed by atoms with Gasteiger partial charge in [0.25, 0.3) is 12.1 Å². The summed E-state index contributed by atoms with van der Waals surface area (Å²) in [6.45, 7) is 3.04. The Morgan fingerprint density at radius 2 is 2.18 bits per heavy atom. The monoisotopic (exact) mass is 310 g/mol. The second-order valence-corrected chi connectivity index (χ2v) is 5.01. The molecule has 1 N–H and O–H groups in total. The summed E-state index contributed by atoms with van der Waals surface area (Å²) in [5, 5.41) is 17.9. The fourth-order valence-electron chi connectivity index (χ4n) is 2.11. The van der Waals surface area contributed by atoms with Gasteiger partial charge >= 0.3 is 0 Å². The predicted octanol–water partition coefficient (Wildman–Crippen LogP) is 3.54. The van der Waals surface area contributed by atoms with Gasteiger partial charge < -0.3 is 5.32 Å². The molecule has 2 aromatic rings. The minimum absolute atomic E-state index is 0.0551. The van der Waals surface area contributed by atoms with Crippen LogP contribution in [-0.4, -0.2) is 21.1 Å². The number of nitro groups is 1. The van der Waals surface area contributed by atoms with Crippen LogP contribution in [0.5, 0.6) is 0 Å². The maximum Gasteiger partial charge on any atom is 0.272 e. The first-order valence-corrected chi connectivity index (χ1v) is 6.69. The summed E-state index contributed by atoms with van der Waals surface area (Å²) in [7, 11) is 0. The molecule has 1 atom stereocenters. The lowest BCUT2D eigenvalue weighted by molar-refractivity contribution is -0.385. The van der Waals surface area contributed by atoms with Gasteiger partial charge in [0.2, 0.25) is 0 Å². The highest BCUT2D eigenvalue weighted by Gasteiger charge is 2.15. The predicted molar refractivity (Wildman–Crippen MR) is 78.1 cm³/mol. The average Bonchev–Trinajstić information content (AvgIpc) is 2.85. The van der Waals surface area contributed by atoms with Crippen molar-refractivity contribution >= 4 is 11.4 Å². The third-order valence-corrected chi connectivity index (χ3v) is 3.27. The fourth-order valence-corrected chi connectivity index (χ4v) is 2.11. The molecule has 0 saturated carbocycles. The molecule has 0 aliphatic carbocycles. The van der Waals surface area contributed by atoms with E-state index in [-0.39, 0.29) is 11.7 Å². The van der Waals surface area contributed by atoms with Crippen molar-refractivity contribution < 1.29 is 13.7 Å². The summed E-state index contributed by atoms with van der Waals surface area (Å²) in [6, 6.07) is 4.77. The number of halogens is 2. The summed E-state index contributed by atoms with van der Waals surface area (Å²) >= 11 is 0. The second kappa shape index (κ2) is 6.50. The molecule has 0 radical (unpaired) electrons. The van der Waals surface area contributed by atoms with Gasteiger partial charge in [0.05, 0.1) is 16.8 Å². The number of anilines is 1. The van der Waals surface area contributed by atoms with Gasteiger partial charge in [-0.25, -0.2) is 8.78 Å². The Hall–Kier alpha value is -2.51. The number of alkyl halides is 2. The molecular weight excluding hydrogens is 294 g/mol. The van der Waals surface area contributed by atoms with E-state index >= 15 is 0 Å². The zero-order valence-corrected chi connectivity index (χ0v) is 12.2. The molecule has 0 amide bonds. The van der Waals surface area contributed by atoms with Gasteiger partial charge in [-0.2, -0.15) is 5.10 Å². The van der Waals surface area contributed by atoms with Crippen molar-refractivity contribution in [2.75, 3.05) is 5.32 Å². The van der Waals surface area contributed by atoms with Crippen LogP contribution < -0.4 is 5.32 Å². The van der Waals surface area contributed by atoms with Gasteiger partial charge in [-0.3, -0.25) is 14.8 Å². The Bertz CT molecular complexity index is 673. The lowest BCUT2D eigenvalue weighted by Crippen LogP contribution is -2.08. The van der Waals surface area contributed by atoms with Crippen molar-refractivity contribution in [2.45, 2.75) is 32.9 Å². The van der Waals surface area contributed by atoms with Crippen LogP contribution in [0.3, 0.4) is 0 Å². The van der Waals surface area contributed by atoms with E-state index in [2.05, 4.69) is 10.4 Å². The number of nitro benzene ring substituents is 1. The molecule has 118 valence electrons. The Balaban J connectivity index is 2.12. The number of aromatic nitrogens is 2. The molecular formula is C14H16F2N4O2. The van der Waals surface area contributed by atoms with E-state index in [1.807, 2.05) is 6.92 Å². The maximum atomic E-state index is 12.3. The van der Waals surface area contributed by atoms with E-state index in [0.29, 0.717) is 11.3 Å². The van der Waals surface area contributed by atoms with Gasteiger partial charge in [-0.1, -0.05) is 12.1 Å². The number of aryl methyl sites for hydroxylation is 1. The van der Waals surface area contributed by atoms with Crippen LogP contribution in [0.25, 0.3) is 0 Å². The summed E-state index contributed by atoms with van der Waals surface area (Å²) in [5.74, 6) is 0. The zero-order chi connectivity index (χ0) is 16.3. The van der Waals surface area contributed by atoms with Crippen LogP contribution in [-0.2, 0) is 6.54 Å². The molecule has 0 spiro atoms. The number of nitrogens with zero attached hydrogens (tertiary/aromatic N) is 3. The molecule has 1 aromatic heterocycles. The third-order valence-electron chi connectivity index (χ3n) is 3.27. The fraction of sp³-hybridized carbons (Fsp3) is 0.357. The molecule has 22 heavy (non-hydrogen) atoms. The normalized spacial score (nSPS) is 12.4. The number of benzene rings is 1. The molecule has 1 aromatic carbocycles. The molecule has 8 heteroatoms. The number of hydrogen-bond acceptors (Lipinski definition) is 4. The lowest BCUT2D eigenvalue weighted by atomic mass is 10.0. The Kier molecular flexibility index (Phi) is 4.69. The summed E-state index contributed by atoms with van der Waals surface area (Å²) in [5.41, 5.74) is 1.96. The number of nitrogens with one attached hydrogen (secondary N) is 1. The maximum absolute atomic E-state index is 12.3. The first-order chi connectivity index (χ1) is 10.4. The van der Waals surface area contributed by atoms with E-state index < -0.39 is 17.9 Å². The first kappa shape index (κ1) is 15.9. The molecule has 0 saturated heterocycles. The number of hydrogen-bond donors (Lipinski definition) is 1. The van der Waals surface area contributed by atoms with E-state index in [9.17, 15) is 18.9 Å². The van der Waals surface area contributed by atoms with Gasteiger partial charge in [0.15, 0.2) is 0 Å². The van der Waals surface area contributed by atoms with E-state index in [0.717, 1.165) is 10.2 Å². The molecule has 0 bridgehead atoms. The summed E-state index contributed by atoms with van der Waals surface area (Å²) in [6.07, 6.45) is 0.456. The SMILES string of the molecule is Cc1ccc(C(C)Nc2cnn(CC(F)F)c2)cc1[N+](=O)[O-]. The van der Waals surface area contributed by atoms with Crippen molar-refractivity contribution in [3.05, 3.63) is 51.8 Å². The van der Waals surface area contributed by atoms with E-state index in [1.54, 1.807) is 19.1 Å². The van der Waals surface area contributed by atoms with Crippen LogP contribution in [0.2, 0.25) is 0 Å². The molecule has 1 unspecified atom stereocenters. The van der Waals surface area contributed by atoms with Crippen LogP contribution in [0, 0.1) is 17.0 Å². The van der Waals surface area contributed by atoms with Crippen molar-refractivity contribution in [2.24, 2.45) is 0 Å². The Labute approximate surface area is 125 Å². The average molecular weight is 310 g/mol. The second-order valence-electron chi connectivity index (χ2n) is 5.01. The van der Waals surface area contributed by atoms with Crippen molar-refractivity contribution in [3.63, 3.8) is 0 Å². The van der Waals surface area contributed by atoms with E-state index in [4.69, 9.17) is 0 Å². The minimum Gasteiger partial charge on any atom is -0.376 e. The van der Waals surface area contributed by atoms with Crippen LogP contribution in [0.4, 0.5) is 20.2 Å². The lowest BCUT2D eigenvalue weighted by Gasteiger charge is -2.14. The van der Waals surface area contributed by atoms with E-state index in [1.165, 1.54) is 18.5 Å². The smallest absolute Gasteiger partial charge is 0.272 e. The highest BCUT2D eigenvalue weighted by molar-refractivity contribution is 5.47. The van der Waals surface area contributed by atoms with Crippen molar-refractivity contribution in [3.8, 4) is 0 Å². The third kappa shape index (κ3) is 3.78. The Morgan fingerprint density at radius 3 is 2.82 bits per heavy atom.